The summed E-state index contributed by atoms with van der Waals surface area (Å²) in [5, 5.41) is 18.6. The standard InChI is InChI=1S/C48H63N3O6S4.CO2/c1-2-3-4-5-6-12-15-18-30-59-36-26-24-35(25-27-36)51-39-21-19-20-37(39)38-31-34(23-28-40(38)51)32-41-45(56)50(33-43(54)55)47(60-41)44-46(57)49(48(58)61-44)29-17-14-11-9-7-8-10-13-16-22-42(52)53;2-1-3/h23-28,31-32,37,39H,2-22,29-30,33H2,1H3,(H,52,53)(H,54,55);/b41-32-,47-44+;. The minimum absolute atomic E-state index is 0.239. The van der Waals surface area contributed by atoms with Crippen molar-refractivity contribution in [3.63, 3.8) is 0 Å². The van der Waals surface area contributed by atoms with Crippen LogP contribution in [0, 0.1) is 0 Å². The number of aliphatic carboxylic acids is 2. The molecule has 346 valence electrons. The number of anilines is 2. The maximum atomic E-state index is 13.9. The minimum Gasteiger partial charge on any atom is -0.481 e. The topological polar surface area (TPSA) is 154 Å². The van der Waals surface area contributed by atoms with Crippen molar-refractivity contribution in [2.24, 2.45) is 0 Å². The maximum absolute atomic E-state index is 13.9. The first-order valence-electron chi connectivity index (χ1n) is 23.2. The number of amides is 1. The van der Waals surface area contributed by atoms with Gasteiger partial charge in [-0.3, -0.25) is 28.6 Å². The molecule has 6 rings (SSSR count). The summed E-state index contributed by atoms with van der Waals surface area (Å²) in [6, 6.07) is 15.9. The molecule has 2 aliphatic heterocycles. The van der Waals surface area contributed by atoms with Crippen molar-refractivity contribution in [2.75, 3.05) is 17.2 Å². The summed E-state index contributed by atoms with van der Waals surface area (Å²) < 4.78 is 2.37. The quantitative estimate of drug-likeness (QED) is 0.0447. The Bertz CT molecular complexity index is 2270. The molecule has 2 aromatic carbocycles. The van der Waals surface area contributed by atoms with Crippen LogP contribution in [0.15, 0.2) is 52.2 Å². The lowest BCUT2D eigenvalue weighted by Crippen LogP contribution is -2.35. The first kappa shape index (κ1) is 51.0. The third kappa shape index (κ3) is 14.5. The Morgan fingerprint density at radius 1 is 0.828 bits per heavy atom. The fraction of sp³-hybridized carbons (Fsp3) is 0.551. The maximum Gasteiger partial charge on any atom is 0.373 e. The van der Waals surface area contributed by atoms with E-state index in [0.29, 0.717) is 36.9 Å². The predicted octanol–water partition coefficient (Wildman–Crippen LogP) is 10.2. The number of hydrogen-bond donors (Lipinski definition) is 2. The largest absolute Gasteiger partial charge is 0.481 e. The van der Waals surface area contributed by atoms with Crippen LogP contribution in [0.1, 0.15) is 159 Å². The number of rotatable bonds is 26. The Labute approximate surface area is 394 Å². The fourth-order valence-electron chi connectivity index (χ4n) is 9.05. The molecule has 1 aromatic heterocycles. The molecule has 2 atom stereocenters. The van der Waals surface area contributed by atoms with Crippen LogP contribution in [0.2, 0.25) is 0 Å². The number of hydrogen-bond acceptors (Lipinski definition) is 11. The van der Waals surface area contributed by atoms with Gasteiger partial charge in [0, 0.05) is 41.2 Å². The van der Waals surface area contributed by atoms with E-state index in [1.807, 2.05) is 23.9 Å². The molecule has 0 radical (unpaired) electrons. The summed E-state index contributed by atoms with van der Waals surface area (Å²) in [5.74, 6) is -0.602. The van der Waals surface area contributed by atoms with Crippen LogP contribution in [0.25, 0.3) is 11.0 Å². The molecular formula is C49H63N3O8S4. The number of carboxylic acid groups (broad SMARTS) is 2. The van der Waals surface area contributed by atoms with Gasteiger partial charge in [-0.2, -0.15) is 9.59 Å². The van der Waals surface area contributed by atoms with Crippen molar-refractivity contribution in [1.82, 2.24) is 9.47 Å². The van der Waals surface area contributed by atoms with Gasteiger partial charge in [0.2, 0.25) is 0 Å². The van der Waals surface area contributed by atoms with Crippen molar-refractivity contribution in [2.45, 2.75) is 165 Å². The Balaban J connectivity index is 0.00000250. The highest BCUT2D eigenvalue weighted by Crippen LogP contribution is 2.52. The molecule has 64 heavy (non-hydrogen) atoms. The SMILES string of the molecule is CCCCCCCCCCSc1ccc(N2c3ccc(/C=c4\s/c(=C5/SC(=S)N(CCCCCCCCCCCC(=O)O)C5=O)n(CC(=O)O)c4=O)cc3C3CCCC32)cc1.O=C=O. The van der Waals surface area contributed by atoms with Crippen molar-refractivity contribution in [1.29, 1.82) is 0 Å². The molecule has 1 amide bonds. The lowest BCUT2D eigenvalue weighted by Gasteiger charge is -2.27. The highest BCUT2D eigenvalue weighted by Gasteiger charge is 2.42. The van der Waals surface area contributed by atoms with Gasteiger partial charge < -0.3 is 15.1 Å². The van der Waals surface area contributed by atoms with Crippen LogP contribution in [-0.2, 0) is 30.5 Å². The molecular weight excluding hydrogens is 887 g/mol. The third-order valence-electron chi connectivity index (χ3n) is 12.2. The molecule has 2 fully saturated rings. The molecule has 11 nitrogen and oxygen atoms in total. The Kier molecular flexibility index (Phi) is 21.4. The summed E-state index contributed by atoms with van der Waals surface area (Å²) in [6.07, 6.45) is 25.3. The second kappa shape index (κ2) is 26.8. The highest BCUT2D eigenvalue weighted by molar-refractivity contribution is 8.30. The second-order valence-electron chi connectivity index (χ2n) is 16.9. The fourth-order valence-corrected chi connectivity index (χ4v) is 12.5. The smallest absolute Gasteiger partial charge is 0.373 e. The Morgan fingerprint density at radius 2 is 1.45 bits per heavy atom. The average molecular weight is 950 g/mol. The molecule has 0 spiro atoms. The van der Waals surface area contributed by atoms with E-state index in [-0.39, 0.29) is 18.5 Å². The molecule has 1 saturated heterocycles. The number of thioether (sulfide) groups is 2. The van der Waals surface area contributed by atoms with Crippen LogP contribution >= 0.6 is 47.1 Å². The van der Waals surface area contributed by atoms with Gasteiger partial charge in [-0.15, -0.1) is 23.1 Å². The van der Waals surface area contributed by atoms with Crippen molar-refractivity contribution in [3.05, 3.63) is 73.1 Å². The van der Waals surface area contributed by atoms with Crippen LogP contribution in [0.5, 0.6) is 0 Å². The normalized spacial score (nSPS) is 17.7. The molecule has 3 aliphatic rings. The number of nitrogens with zero attached hydrogens (tertiary/aromatic N) is 3. The molecule has 1 aliphatic carbocycles. The monoisotopic (exact) mass is 949 g/mol. The van der Waals surface area contributed by atoms with E-state index in [1.54, 1.807) is 4.90 Å². The van der Waals surface area contributed by atoms with E-state index in [2.05, 4.69) is 48.2 Å². The van der Waals surface area contributed by atoms with Gasteiger partial charge in [0.1, 0.15) is 20.4 Å². The number of thiocarbonyl (C=S) groups is 1. The Hall–Kier alpha value is -4.01. The van der Waals surface area contributed by atoms with E-state index >= 15 is 0 Å². The number of carboxylic acids is 2. The number of aromatic nitrogens is 1. The van der Waals surface area contributed by atoms with E-state index < -0.39 is 24.0 Å². The first-order chi connectivity index (χ1) is 31.1. The summed E-state index contributed by atoms with van der Waals surface area (Å²) >= 11 is 9.89. The van der Waals surface area contributed by atoms with Crippen LogP contribution in [-0.4, -0.2) is 66.3 Å². The molecule has 2 N–H and O–H groups in total. The highest BCUT2D eigenvalue weighted by atomic mass is 32.2. The lowest BCUT2D eigenvalue weighted by atomic mass is 9.96. The van der Waals surface area contributed by atoms with Gasteiger partial charge in [-0.25, -0.2) is 0 Å². The van der Waals surface area contributed by atoms with Gasteiger partial charge >= 0.3 is 18.1 Å². The first-order valence-corrected chi connectivity index (χ1v) is 26.2. The van der Waals surface area contributed by atoms with E-state index in [9.17, 15) is 24.3 Å². The number of carbonyl (C=O) groups is 3. The molecule has 1 saturated carbocycles. The number of unbranched alkanes of at least 4 members (excludes halogenated alkanes) is 15. The zero-order chi connectivity index (χ0) is 45.8. The molecule has 3 aromatic rings. The third-order valence-corrected chi connectivity index (χ3v) is 16.0. The summed E-state index contributed by atoms with van der Waals surface area (Å²) in [7, 11) is 0. The lowest BCUT2D eigenvalue weighted by molar-refractivity contribution is -0.191. The van der Waals surface area contributed by atoms with Gasteiger partial charge in [0.05, 0.1) is 4.53 Å². The van der Waals surface area contributed by atoms with Crippen LogP contribution in [0.4, 0.5) is 11.4 Å². The second-order valence-corrected chi connectivity index (χ2v) is 20.7. The zero-order valence-corrected chi connectivity index (χ0v) is 40.3. The number of carbonyl (C=O) groups excluding carboxylic acids is 3. The summed E-state index contributed by atoms with van der Waals surface area (Å²) in [6.45, 7) is 2.21. The van der Waals surface area contributed by atoms with Gasteiger partial charge in [-0.1, -0.05) is 133 Å². The van der Waals surface area contributed by atoms with Gasteiger partial charge in [-0.05, 0) is 91.5 Å². The number of thiazole rings is 1. The van der Waals surface area contributed by atoms with E-state index in [0.717, 1.165) is 105 Å². The van der Waals surface area contributed by atoms with Crippen molar-refractivity contribution < 1.29 is 34.2 Å². The molecule has 3 heterocycles. The summed E-state index contributed by atoms with van der Waals surface area (Å²) in [4.78, 5) is 72.2. The number of benzene rings is 2. The molecule has 0 bridgehead atoms. The summed E-state index contributed by atoms with van der Waals surface area (Å²) in [5.41, 5.74) is 4.18. The van der Waals surface area contributed by atoms with Gasteiger partial charge in [0.25, 0.3) is 11.5 Å². The van der Waals surface area contributed by atoms with Crippen LogP contribution in [0.3, 0.4) is 0 Å². The van der Waals surface area contributed by atoms with E-state index in [1.165, 1.54) is 84.2 Å². The van der Waals surface area contributed by atoms with Gasteiger partial charge in [0.15, 0.2) is 0 Å². The average Bonchev–Trinajstić information content (AvgIpc) is 4.01. The van der Waals surface area contributed by atoms with E-state index in [4.69, 9.17) is 26.9 Å². The molecule has 2 unspecified atom stereocenters. The van der Waals surface area contributed by atoms with Crippen molar-refractivity contribution >= 4 is 97.8 Å². The predicted molar refractivity (Wildman–Crippen MR) is 262 cm³/mol. The molecule has 15 heteroatoms. The minimum atomic E-state index is -1.15. The van der Waals surface area contributed by atoms with Crippen LogP contribution < -0.4 is 19.7 Å². The number of fused-ring (bicyclic) bond motifs is 3. The zero-order valence-electron chi connectivity index (χ0n) is 37.1. The van der Waals surface area contributed by atoms with Crippen molar-refractivity contribution in [3.8, 4) is 0 Å². The Morgan fingerprint density at radius 3 is 2.09 bits per heavy atom.